The van der Waals surface area contributed by atoms with Gasteiger partial charge in [0.15, 0.2) is 23.3 Å². The normalized spacial score (nSPS) is 12.1. The summed E-state index contributed by atoms with van der Waals surface area (Å²) < 4.78 is 0. The van der Waals surface area contributed by atoms with E-state index in [2.05, 4.69) is 110 Å². The van der Waals surface area contributed by atoms with Crippen LogP contribution in [0.25, 0.3) is 89.7 Å². The topological polar surface area (TPSA) is 109 Å². The van der Waals surface area contributed by atoms with Crippen molar-refractivity contribution in [1.29, 1.82) is 0 Å². The first-order chi connectivity index (χ1) is 23.5. The van der Waals surface area contributed by atoms with Gasteiger partial charge in [-0.25, -0.2) is 29.9 Å². The van der Waals surface area contributed by atoms with Gasteiger partial charge in [0.2, 0.25) is 0 Å². The van der Waals surface area contributed by atoms with Crippen LogP contribution in [0.15, 0.2) is 72.8 Å². The third-order valence-corrected chi connectivity index (χ3v) is 9.72. The van der Waals surface area contributed by atoms with Crippen molar-refractivity contribution in [2.75, 3.05) is 0 Å². The van der Waals surface area contributed by atoms with Crippen molar-refractivity contribution in [3.63, 3.8) is 0 Å². The van der Waals surface area contributed by atoms with E-state index >= 15 is 0 Å². The molecule has 48 heavy (non-hydrogen) atoms. The SMILES string of the molecule is CCc1ccc2c(c1)-c1nc-2nc2[nH]c(nc3nc(nc4[nH]c(n1)c1cc(CC)ccc41)-c1ccc(CC)cc1-3)c1cc(CC)ccc21. The predicted molar refractivity (Wildman–Crippen MR) is 194 cm³/mol. The molecule has 0 saturated heterocycles. The minimum atomic E-state index is 0.620. The molecule has 2 aliphatic heterocycles. The van der Waals surface area contributed by atoms with E-state index in [0.717, 1.165) is 69.5 Å². The lowest BCUT2D eigenvalue weighted by Crippen LogP contribution is -1.86. The average Bonchev–Trinajstić information content (AvgIpc) is 3.85. The van der Waals surface area contributed by atoms with Crippen LogP contribution in [-0.2, 0) is 25.7 Å². The zero-order valence-electron chi connectivity index (χ0n) is 27.4. The molecule has 0 unspecified atom stereocenters. The van der Waals surface area contributed by atoms with Gasteiger partial charge in [0.25, 0.3) is 0 Å². The number of nitrogens with one attached hydrogen (secondary N) is 2. The molecular formula is C40H34N8. The number of aromatic amines is 2. The highest BCUT2D eigenvalue weighted by atomic mass is 15.1. The first-order valence-electron chi connectivity index (χ1n) is 16.9. The fourth-order valence-corrected chi connectivity index (χ4v) is 6.86. The molecule has 8 heteroatoms. The molecule has 0 aliphatic carbocycles. The maximum atomic E-state index is 5.21. The van der Waals surface area contributed by atoms with E-state index in [1.807, 2.05) is 0 Å². The van der Waals surface area contributed by atoms with Crippen molar-refractivity contribution in [1.82, 2.24) is 39.9 Å². The lowest BCUT2D eigenvalue weighted by atomic mass is 10.0. The predicted octanol–water partition coefficient (Wildman–Crippen LogP) is 9.12. The molecular weight excluding hydrogens is 592 g/mol. The summed E-state index contributed by atoms with van der Waals surface area (Å²) in [4.78, 5) is 38.1. The van der Waals surface area contributed by atoms with Crippen molar-refractivity contribution >= 4 is 44.1 Å². The maximum absolute atomic E-state index is 5.21. The van der Waals surface area contributed by atoms with Crippen molar-refractivity contribution in [2.45, 2.75) is 53.4 Å². The first kappa shape index (κ1) is 28.5. The Morgan fingerprint density at radius 3 is 1.08 bits per heavy atom. The Labute approximate surface area is 277 Å². The summed E-state index contributed by atoms with van der Waals surface area (Å²) in [5.41, 5.74) is 11.6. The van der Waals surface area contributed by atoms with Gasteiger partial charge in [-0.2, -0.15) is 0 Å². The molecule has 7 aromatic rings. The van der Waals surface area contributed by atoms with Crippen LogP contribution in [0.5, 0.6) is 0 Å². The summed E-state index contributed by atoms with van der Waals surface area (Å²) in [6.45, 7) is 8.65. The summed E-state index contributed by atoms with van der Waals surface area (Å²) >= 11 is 0. The molecule has 2 aliphatic rings. The second-order valence-electron chi connectivity index (χ2n) is 12.5. The number of benzene rings is 4. The first-order valence-corrected chi connectivity index (χ1v) is 16.9. The second kappa shape index (κ2) is 10.9. The van der Waals surface area contributed by atoms with Crippen molar-refractivity contribution < 1.29 is 0 Å². The van der Waals surface area contributed by atoms with Crippen LogP contribution in [0.2, 0.25) is 0 Å². The lowest BCUT2D eigenvalue weighted by Gasteiger charge is -2.02. The largest absolute Gasteiger partial charge is 0.324 e. The number of fused-ring (bicyclic) bond motifs is 20. The van der Waals surface area contributed by atoms with Gasteiger partial charge in [-0.05, 0) is 72.2 Å². The van der Waals surface area contributed by atoms with Crippen molar-refractivity contribution in [3.05, 3.63) is 95.1 Å². The minimum absolute atomic E-state index is 0.620. The highest BCUT2D eigenvalue weighted by Gasteiger charge is 2.23. The quantitative estimate of drug-likeness (QED) is 0.202. The van der Waals surface area contributed by atoms with E-state index in [1.54, 1.807) is 0 Å². The van der Waals surface area contributed by atoms with Crippen LogP contribution in [0.4, 0.5) is 0 Å². The van der Waals surface area contributed by atoms with Crippen LogP contribution < -0.4 is 0 Å². The number of aryl methyl sites for hydroxylation is 4. The summed E-state index contributed by atoms with van der Waals surface area (Å²) in [6, 6.07) is 25.9. The monoisotopic (exact) mass is 626 g/mol. The van der Waals surface area contributed by atoms with Gasteiger partial charge in [0, 0.05) is 43.8 Å². The Bertz CT molecular complexity index is 2450. The molecule has 5 heterocycles. The Morgan fingerprint density at radius 2 is 0.688 bits per heavy atom. The molecule has 2 N–H and O–H groups in total. The van der Waals surface area contributed by atoms with Crippen LogP contribution in [0.1, 0.15) is 49.9 Å². The van der Waals surface area contributed by atoms with E-state index in [1.165, 1.54) is 22.3 Å². The fraction of sp³-hybridized carbons (Fsp3) is 0.200. The highest BCUT2D eigenvalue weighted by molar-refractivity contribution is 6.06. The number of aromatic nitrogens is 8. The number of nitrogens with zero attached hydrogens (tertiary/aromatic N) is 6. The van der Waals surface area contributed by atoms with E-state index in [9.17, 15) is 0 Å². The molecule has 4 aromatic carbocycles. The minimum Gasteiger partial charge on any atom is -0.324 e. The standard InChI is InChI=1S/C40H34N8/c1-5-21-9-13-25-29(17-21)37-43-33(25)41-34-27-15-11-23(7-3)19-31(27)39(45-34)48-40-32-20-24(8-4)12-16-28(32)36(46-40)42-35-26-14-10-22(6-2)18-30(26)38(44-35)47-37/h9-20H,5-8H2,1-4H3,(H2,41,42,43,44,45,46,47,48). The zero-order valence-corrected chi connectivity index (χ0v) is 27.4. The summed E-state index contributed by atoms with van der Waals surface area (Å²) in [7, 11) is 0. The Morgan fingerprint density at radius 1 is 0.354 bits per heavy atom. The second-order valence-corrected chi connectivity index (χ2v) is 12.5. The van der Waals surface area contributed by atoms with Crippen molar-refractivity contribution in [3.8, 4) is 45.6 Å². The molecule has 8 nitrogen and oxygen atoms in total. The van der Waals surface area contributed by atoms with Crippen LogP contribution >= 0.6 is 0 Å². The van der Waals surface area contributed by atoms with Gasteiger partial charge in [-0.15, -0.1) is 0 Å². The van der Waals surface area contributed by atoms with Gasteiger partial charge < -0.3 is 9.97 Å². The molecule has 0 spiro atoms. The van der Waals surface area contributed by atoms with Crippen LogP contribution in [0.3, 0.4) is 0 Å². The summed E-state index contributed by atoms with van der Waals surface area (Å²) in [6.07, 6.45) is 3.66. The molecule has 0 fully saturated rings. The van der Waals surface area contributed by atoms with Gasteiger partial charge in [-0.1, -0.05) is 76.2 Å². The lowest BCUT2D eigenvalue weighted by molar-refractivity contribution is 1.14. The smallest absolute Gasteiger partial charge is 0.164 e. The summed E-state index contributed by atoms with van der Waals surface area (Å²) in [5, 5.41) is 3.96. The zero-order chi connectivity index (χ0) is 32.5. The van der Waals surface area contributed by atoms with E-state index in [4.69, 9.17) is 29.9 Å². The van der Waals surface area contributed by atoms with Crippen LogP contribution in [-0.4, -0.2) is 39.9 Å². The Hall–Kier alpha value is -5.76. The number of hydrogen-bond acceptors (Lipinski definition) is 6. The van der Waals surface area contributed by atoms with E-state index in [-0.39, 0.29) is 0 Å². The van der Waals surface area contributed by atoms with Gasteiger partial charge in [-0.3, -0.25) is 0 Å². The molecule has 3 aromatic heterocycles. The van der Waals surface area contributed by atoms with Crippen molar-refractivity contribution in [2.24, 2.45) is 0 Å². The summed E-state index contributed by atoms with van der Waals surface area (Å²) in [5.74, 6) is 2.50. The number of hydrogen-bond donors (Lipinski definition) is 2. The Kier molecular flexibility index (Phi) is 6.47. The third-order valence-electron chi connectivity index (χ3n) is 9.72. The molecule has 0 radical (unpaired) electrons. The number of rotatable bonds is 4. The Balaban J connectivity index is 1.48. The fourth-order valence-electron chi connectivity index (χ4n) is 6.86. The van der Waals surface area contributed by atoms with Gasteiger partial charge >= 0.3 is 0 Å². The molecule has 9 rings (SSSR count). The molecule has 0 atom stereocenters. The van der Waals surface area contributed by atoms with Crippen LogP contribution in [0, 0.1) is 0 Å². The van der Waals surface area contributed by atoms with Gasteiger partial charge in [0.05, 0.1) is 0 Å². The number of H-pyrrole nitrogens is 2. The average molecular weight is 627 g/mol. The molecule has 0 amide bonds. The molecule has 0 saturated carbocycles. The van der Waals surface area contributed by atoms with Gasteiger partial charge in [0.1, 0.15) is 22.6 Å². The molecule has 8 bridgehead atoms. The van der Waals surface area contributed by atoms with E-state index in [0.29, 0.717) is 45.9 Å². The molecule has 234 valence electrons. The highest BCUT2D eigenvalue weighted by Crippen LogP contribution is 2.38. The third kappa shape index (κ3) is 4.43. The van der Waals surface area contributed by atoms with E-state index < -0.39 is 0 Å². The maximum Gasteiger partial charge on any atom is 0.164 e.